The molecule has 1 saturated carbocycles. The van der Waals surface area contributed by atoms with E-state index >= 15 is 0 Å². The molecule has 0 unspecified atom stereocenters. The predicted octanol–water partition coefficient (Wildman–Crippen LogP) is 2.97. The Kier molecular flexibility index (Phi) is 3.25. The molecular weight excluding hydrogens is 239 g/mol. The van der Waals surface area contributed by atoms with Crippen molar-refractivity contribution >= 4 is 5.69 Å². The van der Waals surface area contributed by atoms with Crippen LogP contribution in [0.3, 0.4) is 0 Å². The highest BCUT2D eigenvalue weighted by molar-refractivity contribution is 5.58. The molecule has 1 aliphatic heterocycles. The molecule has 104 valence electrons. The standard InChI is InChI=1S/C16H23FN2/c1-16(2,10-18-14-5-6-14)11-19-8-7-12-3-4-13(17)9-15(12)19/h3-4,9,14,18H,5-8,10-11H2,1-2H3. The number of rotatable bonds is 5. The maximum Gasteiger partial charge on any atom is 0.125 e. The summed E-state index contributed by atoms with van der Waals surface area (Å²) in [5, 5.41) is 3.61. The number of hydrogen-bond donors (Lipinski definition) is 1. The van der Waals surface area contributed by atoms with Gasteiger partial charge in [0.05, 0.1) is 0 Å². The van der Waals surface area contributed by atoms with Gasteiger partial charge >= 0.3 is 0 Å². The fourth-order valence-electron chi connectivity index (χ4n) is 2.86. The highest BCUT2D eigenvalue weighted by Crippen LogP contribution is 2.31. The smallest absolute Gasteiger partial charge is 0.125 e. The van der Waals surface area contributed by atoms with Crippen molar-refractivity contribution in [2.75, 3.05) is 24.5 Å². The number of hydrogen-bond acceptors (Lipinski definition) is 2. The van der Waals surface area contributed by atoms with E-state index in [-0.39, 0.29) is 11.2 Å². The van der Waals surface area contributed by atoms with Crippen molar-refractivity contribution in [3.63, 3.8) is 0 Å². The summed E-state index contributed by atoms with van der Waals surface area (Å²) in [6, 6.07) is 5.94. The zero-order valence-electron chi connectivity index (χ0n) is 11.9. The molecule has 3 rings (SSSR count). The third kappa shape index (κ3) is 3.08. The molecule has 0 radical (unpaired) electrons. The third-order valence-electron chi connectivity index (χ3n) is 4.10. The van der Waals surface area contributed by atoms with Crippen molar-refractivity contribution in [3.05, 3.63) is 29.6 Å². The Morgan fingerprint density at radius 1 is 1.37 bits per heavy atom. The quantitative estimate of drug-likeness (QED) is 0.877. The van der Waals surface area contributed by atoms with Crippen molar-refractivity contribution in [2.24, 2.45) is 5.41 Å². The molecule has 0 saturated heterocycles. The van der Waals surface area contributed by atoms with Crippen LogP contribution in [-0.2, 0) is 6.42 Å². The topological polar surface area (TPSA) is 15.3 Å². The molecule has 0 aromatic heterocycles. The SMILES string of the molecule is CC(C)(CNC1CC1)CN1CCc2ccc(F)cc21. The molecule has 2 aliphatic rings. The monoisotopic (exact) mass is 262 g/mol. The van der Waals surface area contributed by atoms with E-state index in [1.54, 1.807) is 12.1 Å². The van der Waals surface area contributed by atoms with E-state index in [1.165, 1.54) is 18.4 Å². The molecule has 1 aromatic rings. The van der Waals surface area contributed by atoms with E-state index in [2.05, 4.69) is 24.1 Å². The summed E-state index contributed by atoms with van der Waals surface area (Å²) in [5.41, 5.74) is 2.60. The Morgan fingerprint density at radius 2 is 2.16 bits per heavy atom. The summed E-state index contributed by atoms with van der Waals surface area (Å²) < 4.78 is 13.4. The second-order valence-corrected chi connectivity index (χ2v) is 6.76. The summed E-state index contributed by atoms with van der Waals surface area (Å²) in [4.78, 5) is 2.34. The molecule has 0 amide bonds. The van der Waals surface area contributed by atoms with Gasteiger partial charge in [-0.05, 0) is 42.4 Å². The molecule has 19 heavy (non-hydrogen) atoms. The normalized spacial score (nSPS) is 18.8. The maximum absolute atomic E-state index is 13.4. The molecule has 1 N–H and O–H groups in total. The lowest BCUT2D eigenvalue weighted by atomic mass is 9.92. The lowest BCUT2D eigenvalue weighted by molar-refractivity contribution is 0.342. The number of fused-ring (bicyclic) bond motifs is 1. The molecule has 0 bridgehead atoms. The molecule has 1 aromatic carbocycles. The first kappa shape index (κ1) is 12.9. The summed E-state index contributed by atoms with van der Waals surface area (Å²) in [7, 11) is 0. The molecule has 3 heteroatoms. The Bertz CT molecular complexity index is 466. The first-order chi connectivity index (χ1) is 9.03. The lowest BCUT2D eigenvalue weighted by Crippen LogP contribution is -2.40. The Hall–Kier alpha value is -1.09. The van der Waals surface area contributed by atoms with Gasteiger partial charge in [-0.3, -0.25) is 0 Å². The van der Waals surface area contributed by atoms with Gasteiger partial charge in [-0.2, -0.15) is 0 Å². The lowest BCUT2D eigenvalue weighted by Gasteiger charge is -2.32. The molecule has 1 fully saturated rings. The van der Waals surface area contributed by atoms with Gasteiger partial charge in [0.25, 0.3) is 0 Å². The fourth-order valence-corrected chi connectivity index (χ4v) is 2.86. The zero-order valence-corrected chi connectivity index (χ0v) is 11.9. The number of nitrogens with one attached hydrogen (secondary N) is 1. The summed E-state index contributed by atoms with van der Waals surface area (Å²) in [6.45, 7) is 7.63. The Morgan fingerprint density at radius 3 is 2.89 bits per heavy atom. The van der Waals surface area contributed by atoms with E-state index < -0.39 is 0 Å². The number of anilines is 1. The van der Waals surface area contributed by atoms with Crippen molar-refractivity contribution in [1.29, 1.82) is 0 Å². The van der Waals surface area contributed by atoms with Crippen LogP contribution >= 0.6 is 0 Å². The van der Waals surface area contributed by atoms with Crippen LogP contribution in [-0.4, -0.2) is 25.7 Å². The predicted molar refractivity (Wildman–Crippen MR) is 77.1 cm³/mol. The molecule has 1 aliphatic carbocycles. The van der Waals surface area contributed by atoms with Crippen LogP contribution in [0.5, 0.6) is 0 Å². The molecular formula is C16H23FN2. The van der Waals surface area contributed by atoms with Crippen molar-refractivity contribution in [1.82, 2.24) is 5.32 Å². The molecule has 0 atom stereocenters. The van der Waals surface area contributed by atoms with E-state index in [4.69, 9.17) is 0 Å². The van der Waals surface area contributed by atoms with E-state index in [0.29, 0.717) is 0 Å². The van der Waals surface area contributed by atoms with Crippen LogP contribution in [0.15, 0.2) is 18.2 Å². The van der Waals surface area contributed by atoms with Crippen molar-refractivity contribution in [2.45, 2.75) is 39.2 Å². The van der Waals surface area contributed by atoms with Gasteiger partial charge in [-0.1, -0.05) is 19.9 Å². The minimum atomic E-state index is -0.125. The molecule has 0 spiro atoms. The fraction of sp³-hybridized carbons (Fsp3) is 0.625. The van der Waals surface area contributed by atoms with Gasteiger partial charge in [0, 0.05) is 31.4 Å². The first-order valence-corrected chi connectivity index (χ1v) is 7.30. The molecule has 2 nitrogen and oxygen atoms in total. The van der Waals surface area contributed by atoms with Gasteiger partial charge in [0.1, 0.15) is 5.82 Å². The number of halogens is 1. The van der Waals surface area contributed by atoms with Gasteiger partial charge < -0.3 is 10.2 Å². The minimum absolute atomic E-state index is 0.125. The first-order valence-electron chi connectivity index (χ1n) is 7.30. The van der Waals surface area contributed by atoms with Crippen molar-refractivity contribution < 1.29 is 4.39 Å². The van der Waals surface area contributed by atoms with Crippen LogP contribution in [0.4, 0.5) is 10.1 Å². The highest BCUT2D eigenvalue weighted by Gasteiger charge is 2.29. The highest BCUT2D eigenvalue weighted by atomic mass is 19.1. The van der Waals surface area contributed by atoms with Crippen LogP contribution < -0.4 is 10.2 Å². The van der Waals surface area contributed by atoms with Gasteiger partial charge in [-0.15, -0.1) is 0 Å². The summed E-state index contributed by atoms with van der Waals surface area (Å²) >= 11 is 0. The van der Waals surface area contributed by atoms with E-state index in [9.17, 15) is 4.39 Å². The summed E-state index contributed by atoms with van der Waals surface area (Å²) in [5.74, 6) is -0.125. The Balaban J connectivity index is 1.65. The average molecular weight is 262 g/mol. The minimum Gasteiger partial charge on any atom is -0.370 e. The van der Waals surface area contributed by atoms with Gasteiger partial charge in [-0.25, -0.2) is 4.39 Å². The second kappa shape index (κ2) is 4.78. The molecule has 1 heterocycles. The van der Waals surface area contributed by atoms with Crippen molar-refractivity contribution in [3.8, 4) is 0 Å². The van der Waals surface area contributed by atoms with E-state index in [0.717, 1.165) is 37.8 Å². The maximum atomic E-state index is 13.4. The number of nitrogens with zero attached hydrogens (tertiary/aromatic N) is 1. The van der Waals surface area contributed by atoms with Crippen LogP contribution in [0.25, 0.3) is 0 Å². The zero-order chi connectivity index (χ0) is 13.5. The van der Waals surface area contributed by atoms with E-state index in [1.807, 2.05) is 6.07 Å². The third-order valence-corrected chi connectivity index (χ3v) is 4.10. The summed E-state index contributed by atoms with van der Waals surface area (Å²) in [6.07, 6.45) is 3.70. The van der Waals surface area contributed by atoms with Crippen LogP contribution in [0.1, 0.15) is 32.3 Å². The van der Waals surface area contributed by atoms with Crippen LogP contribution in [0, 0.1) is 11.2 Å². The largest absolute Gasteiger partial charge is 0.370 e. The second-order valence-electron chi connectivity index (χ2n) is 6.76. The average Bonchev–Trinajstić information content (AvgIpc) is 3.11. The van der Waals surface area contributed by atoms with Gasteiger partial charge in [0.15, 0.2) is 0 Å². The Labute approximate surface area is 115 Å². The van der Waals surface area contributed by atoms with Crippen LogP contribution in [0.2, 0.25) is 0 Å². The number of benzene rings is 1. The van der Waals surface area contributed by atoms with Gasteiger partial charge in [0.2, 0.25) is 0 Å².